The smallest absolute Gasteiger partial charge is 0.251 e. The van der Waals surface area contributed by atoms with Gasteiger partial charge in [-0.15, -0.1) is 11.3 Å². The molecule has 2 aromatic rings. The molecule has 0 aliphatic heterocycles. The molecule has 18 heavy (non-hydrogen) atoms. The van der Waals surface area contributed by atoms with Crippen LogP contribution in [-0.2, 0) is 6.54 Å². The van der Waals surface area contributed by atoms with E-state index in [0.29, 0.717) is 4.34 Å². The summed E-state index contributed by atoms with van der Waals surface area (Å²) in [5, 5.41) is 2.56. The van der Waals surface area contributed by atoms with Crippen molar-refractivity contribution in [3.05, 3.63) is 56.7 Å². The lowest BCUT2D eigenvalue weighted by Crippen LogP contribution is -2.22. The molecule has 1 aromatic carbocycles. The van der Waals surface area contributed by atoms with Gasteiger partial charge in [-0.3, -0.25) is 4.79 Å². The Hall–Kier alpha value is -1.46. The van der Waals surface area contributed by atoms with Gasteiger partial charge in [0.25, 0.3) is 5.91 Å². The van der Waals surface area contributed by atoms with Crippen molar-refractivity contribution >= 4 is 28.8 Å². The lowest BCUT2D eigenvalue weighted by atomic mass is 10.2. The van der Waals surface area contributed by atoms with Gasteiger partial charge in [0.15, 0.2) is 0 Å². The number of hydrogen-bond acceptors (Lipinski definition) is 2. The van der Waals surface area contributed by atoms with Gasteiger partial charge < -0.3 is 5.32 Å². The first-order valence-electron chi connectivity index (χ1n) is 5.03. The van der Waals surface area contributed by atoms with Crippen molar-refractivity contribution in [2.24, 2.45) is 0 Å². The van der Waals surface area contributed by atoms with Gasteiger partial charge in [-0.25, -0.2) is 8.78 Å². The highest BCUT2D eigenvalue weighted by atomic mass is 35.5. The predicted octanol–water partition coefficient (Wildman–Crippen LogP) is 3.61. The van der Waals surface area contributed by atoms with Gasteiger partial charge >= 0.3 is 0 Å². The molecule has 0 atom stereocenters. The molecule has 94 valence electrons. The lowest BCUT2D eigenvalue weighted by molar-refractivity contribution is 0.0950. The molecule has 1 heterocycles. The molecule has 1 N–H and O–H groups in total. The zero-order valence-electron chi connectivity index (χ0n) is 9.04. The number of amides is 1. The number of benzene rings is 1. The summed E-state index contributed by atoms with van der Waals surface area (Å²) in [5.41, 5.74) is -0.0462. The number of carbonyl (C=O) groups excluding carboxylic acids is 1. The van der Waals surface area contributed by atoms with Crippen molar-refractivity contribution in [3.63, 3.8) is 0 Å². The molecule has 2 nitrogen and oxygen atoms in total. The predicted molar refractivity (Wildman–Crippen MR) is 66.9 cm³/mol. The third-order valence-electron chi connectivity index (χ3n) is 2.18. The summed E-state index contributed by atoms with van der Waals surface area (Å²) in [5.74, 6) is -2.09. The second-order valence-electron chi connectivity index (χ2n) is 3.55. The van der Waals surface area contributed by atoms with E-state index in [1.54, 1.807) is 12.1 Å². The summed E-state index contributed by atoms with van der Waals surface area (Å²) in [6.07, 6.45) is 0. The van der Waals surface area contributed by atoms with Crippen LogP contribution < -0.4 is 5.32 Å². The Kier molecular flexibility index (Phi) is 3.93. The maximum absolute atomic E-state index is 12.9. The third-order valence-corrected chi connectivity index (χ3v) is 3.41. The van der Waals surface area contributed by atoms with Crippen LogP contribution in [-0.4, -0.2) is 5.91 Å². The first kappa shape index (κ1) is 13.0. The fourth-order valence-corrected chi connectivity index (χ4v) is 2.43. The standard InChI is InChI=1S/C12H8ClF2NOS/c13-11-2-1-10(18-11)6-16-12(17)7-3-8(14)5-9(15)4-7/h1-5H,6H2,(H,16,17). The maximum atomic E-state index is 12.9. The molecule has 0 fully saturated rings. The number of carbonyl (C=O) groups is 1. The lowest BCUT2D eigenvalue weighted by Gasteiger charge is -2.04. The monoisotopic (exact) mass is 287 g/mol. The first-order valence-corrected chi connectivity index (χ1v) is 6.22. The normalized spacial score (nSPS) is 10.4. The summed E-state index contributed by atoms with van der Waals surface area (Å²) in [6, 6.07) is 6.18. The Balaban J connectivity index is 2.03. The summed E-state index contributed by atoms with van der Waals surface area (Å²) in [7, 11) is 0. The molecular weight excluding hydrogens is 280 g/mol. The van der Waals surface area contributed by atoms with Gasteiger partial charge in [-0.05, 0) is 24.3 Å². The van der Waals surface area contributed by atoms with Crippen LogP contribution in [0.15, 0.2) is 30.3 Å². The topological polar surface area (TPSA) is 29.1 Å². The Morgan fingerprint density at radius 1 is 1.22 bits per heavy atom. The molecule has 1 amide bonds. The third kappa shape index (κ3) is 3.27. The summed E-state index contributed by atoms with van der Waals surface area (Å²) < 4.78 is 26.5. The molecule has 0 unspecified atom stereocenters. The van der Waals surface area contributed by atoms with Crippen molar-refractivity contribution in [3.8, 4) is 0 Å². The van der Waals surface area contributed by atoms with Crippen LogP contribution in [0.5, 0.6) is 0 Å². The molecule has 0 saturated heterocycles. The van der Waals surface area contributed by atoms with Gasteiger partial charge in [-0.1, -0.05) is 11.6 Å². The summed E-state index contributed by atoms with van der Waals surface area (Å²) in [4.78, 5) is 12.5. The van der Waals surface area contributed by atoms with Crippen molar-refractivity contribution in [2.45, 2.75) is 6.54 Å². The van der Waals surface area contributed by atoms with E-state index >= 15 is 0 Å². The van der Waals surface area contributed by atoms with Crippen LogP contribution in [0.3, 0.4) is 0 Å². The second kappa shape index (κ2) is 5.46. The highest BCUT2D eigenvalue weighted by molar-refractivity contribution is 7.16. The van der Waals surface area contributed by atoms with E-state index in [1.165, 1.54) is 11.3 Å². The van der Waals surface area contributed by atoms with Crippen LogP contribution >= 0.6 is 22.9 Å². The Morgan fingerprint density at radius 3 is 2.44 bits per heavy atom. The van der Waals surface area contributed by atoms with Crippen LogP contribution in [0.2, 0.25) is 4.34 Å². The molecule has 0 aliphatic carbocycles. The number of rotatable bonds is 3. The molecule has 0 spiro atoms. The number of hydrogen-bond donors (Lipinski definition) is 1. The van der Waals surface area contributed by atoms with Crippen molar-refractivity contribution < 1.29 is 13.6 Å². The highest BCUT2D eigenvalue weighted by Gasteiger charge is 2.09. The molecule has 6 heteroatoms. The number of thiophene rings is 1. The van der Waals surface area contributed by atoms with Crippen LogP contribution in [0, 0.1) is 11.6 Å². The molecule has 0 radical (unpaired) electrons. The largest absolute Gasteiger partial charge is 0.347 e. The molecule has 0 saturated carbocycles. The zero-order chi connectivity index (χ0) is 13.1. The van der Waals surface area contributed by atoms with E-state index in [9.17, 15) is 13.6 Å². The van der Waals surface area contributed by atoms with E-state index in [1.807, 2.05) is 0 Å². The van der Waals surface area contributed by atoms with Crippen molar-refractivity contribution in [2.75, 3.05) is 0 Å². The van der Waals surface area contributed by atoms with Crippen LogP contribution in [0.25, 0.3) is 0 Å². The number of nitrogens with one attached hydrogen (secondary N) is 1. The Morgan fingerprint density at radius 2 is 1.89 bits per heavy atom. The minimum atomic E-state index is -0.778. The summed E-state index contributed by atoms with van der Waals surface area (Å²) >= 11 is 7.07. The minimum Gasteiger partial charge on any atom is -0.347 e. The van der Waals surface area contributed by atoms with Crippen LogP contribution in [0.4, 0.5) is 8.78 Å². The van der Waals surface area contributed by atoms with E-state index < -0.39 is 17.5 Å². The quantitative estimate of drug-likeness (QED) is 0.918. The molecule has 0 bridgehead atoms. The summed E-state index contributed by atoms with van der Waals surface area (Å²) in [6.45, 7) is 0.272. The van der Waals surface area contributed by atoms with Gasteiger partial charge in [0.1, 0.15) is 11.6 Å². The number of halogens is 3. The fourth-order valence-electron chi connectivity index (χ4n) is 1.40. The van der Waals surface area contributed by atoms with Crippen molar-refractivity contribution in [1.29, 1.82) is 0 Å². The first-order chi connectivity index (χ1) is 8.54. The van der Waals surface area contributed by atoms with Crippen molar-refractivity contribution in [1.82, 2.24) is 5.32 Å². The second-order valence-corrected chi connectivity index (χ2v) is 5.35. The van der Waals surface area contributed by atoms with Gasteiger partial charge in [-0.2, -0.15) is 0 Å². The average molecular weight is 288 g/mol. The van der Waals surface area contributed by atoms with E-state index in [0.717, 1.165) is 23.1 Å². The fraction of sp³-hybridized carbons (Fsp3) is 0.0833. The van der Waals surface area contributed by atoms with Gasteiger partial charge in [0.05, 0.1) is 10.9 Å². The van der Waals surface area contributed by atoms with E-state index in [-0.39, 0.29) is 12.1 Å². The maximum Gasteiger partial charge on any atom is 0.251 e. The minimum absolute atomic E-state index is 0.0462. The Labute approximate surface area is 111 Å². The van der Waals surface area contributed by atoms with Gasteiger partial charge in [0.2, 0.25) is 0 Å². The Bertz CT molecular complexity index is 565. The van der Waals surface area contributed by atoms with E-state index in [2.05, 4.69) is 5.32 Å². The molecule has 2 rings (SSSR count). The highest BCUT2D eigenvalue weighted by Crippen LogP contribution is 2.21. The molecule has 1 aromatic heterocycles. The van der Waals surface area contributed by atoms with Gasteiger partial charge in [0, 0.05) is 16.5 Å². The SMILES string of the molecule is O=C(NCc1ccc(Cl)s1)c1cc(F)cc(F)c1. The van der Waals surface area contributed by atoms with Crippen LogP contribution in [0.1, 0.15) is 15.2 Å². The molecular formula is C12H8ClF2NOS. The molecule has 0 aliphatic rings. The zero-order valence-corrected chi connectivity index (χ0v) is 10.6. The van der Waals surface area contributed by atoms with E-state index in [4.69, 9.17) is 11.6 Å². The average Bonchev–Trinajstić information content (AvgIpc) is 2.70.